The highest BCUT2D eigenvalue weighted by Gasteiger charge is 2.26. The van der Waals surface area contributed by atoms with Gasteiger partial charge in [-0.2, -0.15) is 5.10 Å². The lowest BCUT2D eigenvalue weighted by Crippen LogP contribution is -2.33. The van der Waals surface area contributed by atoms with Crippen LogP contribution in [-0.2, 0) is 14.8 Å². The molecule has 1 aromatic heterocycles. The number of ether oxygens (including phenoxy) is 1. The van der Waals surface area contributed by atoms with Crippen LogP contribution in [0.3, 0.4) is 0 Å². The van der Waals surface area contributed by atoms with Crippen molar-refractivity contribution < 1.29 is 23.1 Å². The first-order chi connectivity index (χ1) is 9.42. The van der Waals surface area contributed by atoms with Crippen LogP contribution in [0, 0.1) is 0 Å². The molecule has 9 heteroatoms. The number of H-pyrrole nitrogens is 1. The van der Waals surface area contributed by atoms with E-state index >= 15 is 0 Å². The Bertz CT molecular complexity index is 540. The number of hydrogen-bond donors (Lipinski definition) is 3. The molecule has 0 aliphatic heterocycles. The van der Waals surface area contributed by atoms with Crippen LogP contribution >= 0.6 is 0 Å². The number of hydrogen-bond acceptors (Lipinski definition) is 6. The maximum atomic E-state index is 12.0. The number of esters is 1. The zero-order valence-electron chi connectivity index (χ0n) is 11.4. The van der Waals surface area contributed by atoms with Crippen molar-refractivity contribution in [3.05, 3.63) is 11.8 Å². The maximum absolute atomic E-state index is 12.0. The number of sulfonamides is 1. The Morgan fingerprint density at radius 1 is 1.55 bits per heavy atom. The summed E-state index contributed by atoms with van der Waals surface area (Å²) in [6.45, 7) is 3.50. The van der Waals surface area contributed by atoms with E-state index in [1.54, 1.807) is 6.92 Å². The molecule has 1 heterocycles. The molecule has 0 fully saturated rings. The first-order valence-corrected chi connectivity index (χ1v) is 7.78. The van der Waals surface area contributed by atoms with Gasteiger partial charge in [0.15, 0.2) is 5.03 Å². The highest BCUT2D eigenvalue weighted by molar-refractivity contribution is 7.89. The predicted molar refractivity (Wildman–Crippen MR) is 70.6 cm³/mol. The molecule has 1 aromatic rings. The summed E-state index contributed by atoms with van der Waals surface area (Å²) in [5.41, 5.74) is -0.163. The minimum Gasteiger partial charge on any atom is -0.462 e. The quantitative estimate of drug-likeness (QED) is 0.582. The molecule has 0 saturated heterocycles. The SMILES string of the molecule is CCCC(O)CNS(=O)(=O)c1[nH]ncc1C(=O)OCC. The number of rotatable bonds is 8. The van der Waals surface area contributed by atoms with Gasteiger partial charge in [-0.25, -0.2) is 17.9 Å². The summed E-state index contributed by atoms with van der Waals surface area (Å²) in [6, 6.07) is 0. The van der Waals surface area contributed by atoms with E-state index in [1.807, 2.05) is 6.92 Å². The van der Waals surface area contributed by atoms with Gasteiger partial charge in [0.2, 0.25) is 0 Å². The molecule has 0 aromatic carbocycles. The van der Waals surface area contributed by atoms with Crippen LogP contribution in [0.5, 0.6) is 0 Å². The fourth-order valence-corrected chi connectivity index (χ4v) is 2.70. The standard InChI is InChI=1S/C11H19N3O5S/c1-3-5-8(15)6-13-20(17,18)10-9(7-12-14-10)11(16)19-4-2/h7-8,13,15H,3-6H2,1-2H3,(H,12,14). The molecule has 8 nitrogen and oxygen atoms in total. The second kappa shape index (κ2) is 7.36. The maximum Gasteiger partial charge on any atom is 0.342 e. The van der Waals surface area contributed by atoms with Gasteiger partial charge in [0.1, 0.15) is 5.56 Å². The fourth-order valence-electron chi connectivity index (χ4n) is 1.55. The van der Waals surface area contributed by atoms with E-state index in [0.717, 1.165) is 12.6 Å². The van der Waals surface area contributed by atoms with Crippen molar-refractivity contribution in [1.29, 1.82) is 0 Å². The van der Waals surface area contributed by atoms with Crippen molar-refractivity contribution in [3.63, 3.8) is 0 Å². The van der Waals surface area contributed by atoms with E-state index < -0.39 is 22.1 Å². The van der Waals surface area contributed by atoms with Gasteiger partial charge in [-0.05, 0) is 13.3 Å². The third-order valence-corrected chi connectivity index (χ3v) is 3.89. The molecule has 0 spiro atoms. The lowest BCUT2D eigenvalue weighted by molar-refractivity contribution is 0.0522. The van der Waals surface area contributed by atoms with Gasteiger partial charge in [-0.3, -0.25) is 5.10 Å². The Kier molecular flexibility index (Phi) is 6.11. The summed E-state index contributed by atoms with van der Waals surface area (Å²) >= 11 is 0. The fraction of sp³-hybridized carbons (Fsp3) is 0.636. The van der Waals surface area contributed by atoms with Crippen LogP contribution in [0.25, 0.3) is 0 Å². The molecule has 114 valence electrons. The summed E-state index contributed by atoms with van der Waals surface area (Å²) in [5, 5.41) is 15.0. The summed E-state index contributed by atoms with van der Waals surface area (Å²) in [6.07, 6.45) is 1.54. The van der Waals surface area contributed by atoms with Gasteiger partial charge in [0, 0.05) is 6.54 Å². The number of carbonyl (C=O) groups excluding carboxylic acids is 1. The van der Waals surface area contributed by atoms with Gasteiger partial charge < -0.3 is 9.84 Å². The van der Waals surface area contributed by atoms with Gasteiger partial charge in [0.25, 0.3) is 10.0 Å². The van der Waals surface area contributed by atoms with Crippen LogP contribution < -0.4 is 4.72 Å². The van der Waals surface area contributed by atoms with Crippen molar-refractivity contribution >= 4 is 16.0 Å². The van der Waals surface area contributed by atoms with Crippen molar-refractivity contribution in [2.45, 2.75) is 37.8 Å². The zero-order chi connectivity index (χ0) is 15.2. The van der Waals surface area contributed by atoms with Crippen LogP contribution in [0.4, 0.5) is 0 Å². The van der Waals surface area contributed by atoms with E-state index in [-0.39, 0.29) is 23.7 Å². The predicted octanol–water partition coefficient (Wildman–Crippen LogP) is 0.0257. The summed E-state index contributed by atoms with van der Waals surface area (Å²) in [5.74, 6) is -0.768. The molecule has 0 radical (unpaired) electrons. The Labute approximate surface area is 117 Å². The summed E-state index contributed by atoms with van der Waals surface area (Å²) in [7, 11) is -3.95. The average molecular weight is 305 g/mol. The van der Waals surface area contributed by atoms with Gasteiger partial charge in [-0.1, -0.05) is 13.3 Å². The smallest absolute Gasteiger partial charge is 0.342 e. The van der Waals surface area contributed by atoms with E-state index in [2.05, 4.69) is 14.9 Å². The molecule has 3 N–H and O–H groups in total. The Morgan fingerprint density at radius 2 is 2.25 bits per heavy atom. The molecular weight excluding hydrogens is 286 g/mol. The molecule has 0 aliphatic rings. The molecule has 1 atom stereocenters. The van der Waals surface area contributed by atoms with Crippen molar-refractivity contribution in [2.75, 3.05) is 13.2 Å². The molecule has 1 rings (SSSR count). The van der Waals surface area contributed by atoms with Crippen LogP contribution in [0.1, 0.15) is 37.0 Å². The van der Waals surface area contributed by atoms with Crippen LogP contribution in [-0.4, -0.2) is 48.9 Å². The van der Waals surface area contributed by atoms with Crippen LogP contribution in [0.15, 0.2) is 11.2 Å². The Hall–Kier alpha value is -1.45. The highest BCUT2D eigenvalue weighted by atomic mass is 32.2. The van der Waals surface area contributed by atoms with Crippen molar-refractivity contribution in [2.24, 2.45) is 0 Å². The summed E-state index contributed by atoms with van der Waals surface area (Å²) in [4.78, 5) is 11.6. The third-order valence-electron chi connectivity index (χ3n) is 2.50. The number of aromatic nitrogens is 2. The second-order valence-electron chi connectivity index (χ2n) is 4.13. The largest absolute Gasteiger partial charge is 0.462 e. The van der Waals surface area contributed by atoms with E-state index in [4.69, 9.17) is 4.74 Å². The van der Waals surface area contributed by atoms with Crippen LogP contribution in [0.2, 0.25) is 0 Å². The molecule has 0 bridgehead atoms. The normalized spacial score (nSPS) is 13.2. The van der Waals surface area contributed by atoms with E-state index in [9.17, 15) is 18.3 Å². The van der Waals surface area contributed by atoms with E-state index in [1.165, 1.54) is 0 Å². The Morgan fingerprint density at radius 3 is 2.85 bits per heavy atom. The number of aromatic amines is 1. The molecule has 1 unspecified atom stereocenters. The van der Waals surface area contributed by atoms with Crippen molar-refractivity contribution in [3.8, 4) is 0 Å². The first-order valence-electron chi connectivity index (χ1n) is 6.30. The Balaban J connectivity index is 2.83. The topological polar surface area (TPSA) is 121 Å². The molecule has 0 aliphatic carbocycles. The van der Waals surface area contributed by atoms with Gasteiger partial charge in [0.05, 0.1) is 18.9 Å². The van der Waals surface area contributed by atoms with Gasteiger partial charge >= 0.3 is 5.97 Å². The summed E-state index contributed by atoms with van der Waals surface area (Å²) < 4.78 is 31.0. The number of nitrogens with one attached hydrogen (secondary N) is 2. The lowest BCUT2D eigenvalue weighted by Gasteiger charge is -2.11. The second-order valence-corrected chi connectivity index (χ2v) is 5.83. The number of nitrogens with zero attached hydrogens (tertiary/aromatic N) is 1. The number of carbonyl (C=O) groups is 1. The number of aliphatic hydroxyl groups is 1. The highest BCUT2D eigenvalue weighted by Crippen LogP contribution is 2.13. The lowest BCUT2D eigenvalue weighted by atomic mass is 10.2. The number of aliphatic hydroxyl groups excluding tert-OH is 1. The average Bonchev–Trinajstić information content (AvgIpc) is 2.87. The first kappa shape index (κ1) is 16.6. The van der Waals surface area contributed by atoms with Gasteiger partial charge in [-0.15, -0.1) is 0 Å². The minimum atomic E-state index is -3.95. The molecule has 20 heavy (non-hydrogen) atoms. The van der Waals surface area contributed by atoms with E-state index in [0.29, 0.717) is 6.42 Å². The minimum absolute atomic E-state index is 0.128. The molecule has 0 saturated carbocycles. The third kappa shape index (κ3) is 4.29. The molecule has 0 amide bonds. The monoisotopic (exact) mass is 305 g/mol. The molecular formula is C11H19N3O5S. The zero-order valence-corrected chi connectivity index (χ0v) is 12.2. The van der Waals surface area contributed by atoms with Crippen molar-refractivity contribution in [1.82, 2.24) is 14.9 Å².